The molecule has 1 aliphatic rings. The number of carbonyl (C=O) groups excluding carboxylic acids is 1. The lowest BCUT2D eigenvalue weighted by Crippen LogP contribution is -2.51. The number of hydrogen-bond acceptors (Lipinski definition) is 5. The molecule has 0 bridgehead atoms. The summed E-state index contributed by atoms with van der Waals surface area (Å²) < 4.78 is 31.1. The van der Waals surface area contributed by atoms with Gasteiger partial charge >= 0.3 is 0 Å². The first-order chi connectivity index (χ1) is 10.2. The molecule has 1 atom stereocenters. The molecule has 0 radical (unpaired) electrons. The molecule has 1 aliphatic heterocycles. The summed E-state index contributed by atoms with van der Waals surface area (Å²) in [5, 5.41) is 0. The van der Waals surface area contributed by atoms with E-state index in [0.717, 1.165) is 11.1 Å². The van der Waals surface area contributed by atoms with Gasteiger partial charge in [-0.1, -0.05) is 0 Å². The van der Waals surface area contributed by atoms with Crippen molar-refractivity contribution in [3.8, 4) is 0 Å². The molecular formula is C14H22N2O4S2. The van der Waals surface area contributed by atoms with Gasteiger partial charge in [0.25, 0.3) is 5.91 Å². The summed E-state index contributed by atoms with van der Waals surface area (Å²) in [6.07, 6.45) is 2.29. The van der Waals surface area contributed by atoms with Crippen molar-refractivity contribution in [1.82, 2.24) is 9.62 Å². The first-order valence-corrected chi connectivity index (χ1v) is 9.79. The highest BCUT2D eigenvalue weighted by atomic mass is 32.2. The third-order valence-corrected chi connectivity index (χ3v) is 5.57. The van der Waals surface area contributed by atoms with Crippen molar-refractivity contribution in [1.29, 1.82) is 0 Å². The van der Waals surface area contributed by atoms with E-state index >= 15 is 0 Å². The summed E-state index contributed by atoms with van der Waals surface area (Å²) in [5.41, 5.74) is -0.633. The summed E-state index contributed by atoms with van der Waals surface area (Å²) in [4.78, 5) is 16.0. The molecule has 1 amide bonds. The van der Waals surface area contributed by atoms with Gasteiger partial charge in [-0.2, -0.15) is 0 Å². The van der Waals surface area contributed by atoms with E-state index in [4.69, 9.17) is 4.74 Å². The first kappa shape index (κ1) is 17.4. The number of amides is 1. The van der Waals surface area contributed by atoms with Crippen molar-refractivity contribution in [2.75, 3.05) is 33.1 Å². The average molecular weight is 346 g/mol. The Morgan fingerprint density at radius 1 is 1.50 bits per heavy atom. The molecule has 1 aromatic rings. The van der Waals surface area contributed by atoms with Crippen LogP contribution in [0.15, 0.2) is 12.1 Å². The molecule has 2 heterocycles. The van der Waals surface area contributed by atoms with Crippen LogP contribution in [0.4, 0.5) is 0 Å². The molecule has 2 rings (SSSR count). The maximum Gasteiger partial charge on any atom is 0.263 e. The summed E-state index contributed by atoms with van der Waals surface area (Å²) in [6.45, 7) is 3.32. The molecular weight excluding hydrogens is 324 g/mol. The molecule has 1 N–H and O–H groups in total. The van der Waals surface area contributed by atoms with Crippen LogP contribution in [0.5, 0.6) is 0 Å². The maximum atomic E-state index is 12.5. The minimum Gasteiger partial charge on any atom is -0.385 e. The summed E-state index contributed by atoms with van der Waals surface area (Å²) in [6, 6.07) is 3.74. The van der Waals surface area contributed by atoms with Crippen LogP contribution in [0.3, 0.4) is 0 Å². The fraction of sp³-hybridized carbons (Fsp3) is 0.643. The number of sulfonamides is 1. The van der Waals surface area contributed by atoms with Crippen molar-refractivity contribution >= 4 is 27.3 Å². The SMILES string of the molecule is COCCC1(NS(C)(=O)=O)CCN(C(=O)c2ccc(C)s2)C1. The topological polar surface area (TPSA) is 75.7 Å². The van der Waals surface area contributed by atoms with E-state index < -0.39 is 15.6 Å². The van der Waals surface area contributed by atoms with Crippen LogP contribution in [0, 0.1) is 6.92 Å². The minimum absolute atomic E-state index is 0.0345. The highest BCUT2D eigenvalue weighted by Gasteiger charge is 2.42. The van der Waals surface area contributed by atoms with Gasteiger partial charge in [0.2, 0.25) is 10.0 Å². The summed E-state index contributed by atoms with van der Waals surface area (Å²) in [7, 11) is -1.76. The monoisotopic (exact) mass is 346 g/mol. The minimum atomic E-state index is -3.35. The molecule has 1 saturated heterocycles. The highest BCUT2D eigenvalue weighted by molar-refractivity contribution is 7.88. The largest absolute Gasteiger partial charge is 0.385 e. The number of carbonyl (C=O) groups is 1. The van der Waals surface area contributed by atoms with E-state index in [1.54, 1.807) is 12.0 Å². The maximum absolute atomic E-state index is 12.5. The Bertz CT molecular complexity index is 641. The van der Waals surface area contributed by atoms with Crippen molar-refractivity contribution in [2.24, 2.45) is 0 Å². The van der Waals surface area contributed by atoms with E-state index in [1.165, 1.54) is 11.3 Å². The Balaban J connectivity index is 2.13. The fourth-order valence-electron chi connectivity index (χ4n) is 2.78. The summed E-state index contributed by atoms with van der Waals surface area (Å²) in [5.74, 6) is -0.0345. The first-order valence-electron chi connectivity index (χ1n) is 7.08. The molecule has 0 saturated carbocycles. The molecule has 1 fully saturated rings. The third-order valence-electron chi connectivity index (χ3n) is 3.78. The van der Waals surface area contributed by atoms with Gasteiger partial charge in [-0.3, -0.25) is 4.79 Å². The number of aryl methyl sites for hydroxylation is 1. The Morgan fingerprint density at radius 3 is 2.77 bits per heavy atom. The van der Waals surface area contributed by atoms with Gasteiger partial charge in [-0.15, -0.1) is 11.3 Å². The van der Waals surface area contributed by atoms with E-state index in [9.17, 15) is 13.2 Å². The van der Waals surface area contributed by atoms with E-state index in [2.05, 4.69) is 4.72 Å². The zero-order valence-corrected chi connectivity index (χ0v) is 14.7. The smallest absolute Gasteiger partial charge is 0.263 e. The lowest BCUT2D eigenvalue weighted by atomic mass is 9.96. The van der Waals surface area contributed by atoms with Crippen LogP contribution < -0.4 is 4.72 Å². The molecule has 0 aliphatic carbocycles. The molecule has 1 unspecified atom stereocenters. The van der Waals surface area contributed by atoms with Crippen molar-refractivity contribution < 1.29 is 17.9 Å². The third kappa shape index (κ3) is 4.28. The standard InChI is InChI=1S/C14H22N2O4S2/c1-11-4-5-12(21-11)13(17)16-8-6-14(10-16,7-9-20-2)15-22(3,18)19/h4-5,15H,6-10H2,1-3H3. The highest BCUT2D eigenvalue weighted by Crippen LogP contribution is 2.28. The van der Waals surface area contributed by atoms with Crippen LogP contribution >= 0.6 is 11.3 Å². The molecule has 0 spiro atoms. The van der Waals surface area contributed by atoms with E-state index in [0.29, 0.717) is 37.4 Å². The van der Waals surface area contributed by atoms with Crippen LogP contribution in [0.2, 0.25) is 0 Å². The van der Waals surface area contributed by atoms with Gasteiger partial charge in [-0.05, 0) is 31.9 Å². The van der Waals surface area contributed by atoms with Crippen LogP contribution in [0.1, 0.15) is 27.4 Å². The number of methoxy groups -OCH3 is 1. The van der Waals surface area contributed by atoms with Crippen molar-refractivity contribution in [2.45, 2.75) is 25.3 Å². The van der Waals surface area contributed by atoms with Crippen LogP contribution in [-0.4, -0.2) is 57.8 Å². The van der Waals surface area contributed by atoms with Gasteiger partial charge < -0.3 is 9.64 Å². The zero-order chi connectivity index (χ0) is 16.4. The Kier molecular flexibility index (Phi) is 5.26. The fourth-order valence-corrected chi connectivity index (χ4v) is 4.67. The van der Waals surface area contributed by atoms with Gasteiger partial charge in [0.15, 0.2) is 0 Å². The lowest BCUT2D eigenvalue weighted by Gasteiger charge is -2.29. The number of ether oxygens (including phenoxy) is 1. The number of likely N-dealkylation sites (tertiary alicyclic amines) is 1. The number of rotatable bonds is 6. The average Bonchev–Trinajstić information content (AvgIpc) is 3.01. The second-order valence-electron chi connectivity index (χ2n) is 5.78. The predicted molar refractivity (Wildman–Crippen MR) is 86.8 cm³/mol. The molecule has 124 valence electrons. The van der Waals surface area contributed by atoms with Crippen molar-refractivity contribution in [3.05, 3.63) is 21.9 Å². The van der Waals surface area contributed by atoms with Gasteiger partial charge in [0, 0.05) is 31.7 Å². The normalized spacial score (nSPS) is 22.2. The molecule has 8 heteroatoms. The number of nitrogens with zero attached hydrogens (tertiary/aromatic N) is 1. The van der Waals surface area contributed by atoms with Gasteiger partial charge in [-0.25, -0.2) is 13.1 Å². The second-order valence-corrected chi connectivity index (χ2v) is 8.82. The molecule has 1 aromatic heterocycles. The molecule has 22 heavy (non-hydrogen) atoms. The van der Waals surface area contributed by atoms with Gasteiger partial charge in [0.1, 0.15) is 0 Å². The number of thiophene rings is 1. The van der Waals surface area contributed by atoms with E-state index in [-0.39, 0.29) is 5.91 Å². The quantitative estimate of drug-likeness (QED) is 0.840. The van der Waals surface area contributed by atoms with E-state index in [1.807, 2.05) is 19.1 Å². The molecule has 6 nitrogen and oxygen atoms in total. The van der Waals surface area contributed by atoms with Crippen LogP contribution in [0.25, 0.3) is 0 Å². The molecule has 0 aromatic carbocycles. The lowest BCUT2D eigenvalue weighted by molar-refractivity contribution is 0.0780. The Morgan fingerprint density at radius 2 is 2.23 bits per heavy atom. The van der Waals surface area contributed by atoms with Crippen molar-refractivity contribution in [3.63, 3.8) is 0 Å². The second kappa shape index (κ2) is 6.66. The van der Waals surface area contributed by atoms with Crippen LogP contribution in [-0.2, 0) is 14.8 Å². The number of hydrogen-bond donors (Lipinski definition) is 1. The predicted octanol–water partition coefficient (Wildman–Crippen LogP) is 1.23. The Hall–Kier alpha value is -0.960. The van der Waals surface area contributed by atoms with Gasteiger partial charge in [0.05, 0.1) is 16.7 Å². The number of nitrogens with one attached hydrogen (secondary N) is 1. The Labute approximate surface area is 135 Å². The summed E-state index contributed by atoms with van der Waals surface area (Å²) >= 11 is 1.46. The zero-order valence-electron chi connectivity index (χ0n) is 13.1.